The summed E-state index contributed by atoms with van der Waals surface area (Å²) in [4.78, 5) is 4.33. The van der Waals surface area contributed by atoms with Crippen molar-refractivity contribution in [2.24, 2.45) is 0 Å². The molecule has 1 saturated heterocycles. The number of hydrogen-bond acceptors (Lipinski definition) is 4. The summed E-state index contributed by atoms with van der Waals surface area (Å²) in [5, 5.41) is 3.41. The van der Waals surface area contributed by atoms with E-state index in [2.05, 4.69) is 17.2 Å². The van der Waals surface area contributed by atoms with Crippen molar-refractivity contribution >= 4 is 16.6 Å². The average Bonchev–Trinajstić information content (AvgIpc) is 2.40. The van der Waals surface area contributed by atoms with Crippen LogP contribution in [0.5, 0.6) is 5.75 Å². The summed E-state index contributed by atoms with van der Waals surface area (Å²) in [7, 11) is -0.621. The number of anilines is 1. The van der Waals surface area contributed by atoms with Crippen LogP contribution in [-0.2, 0) is 10.8 Å². The van der Waals surface area contributed by atoms with Gasteiger partial charge < -0.3 is 10.1 Å². The first-order valence-corrected chi connectivity index (χ1v) is 7.97. The molecule has 5 heteroatoms. The zero-order chi connectivity index (χ0) is 12.8. The number of rotatable bonds is 5. The predicted molar refractivity (Wildman–Crippen MR) is 74.5 cm³/mol. The molecule has 18 heavy (non-hydrogen) atoms. The topological polar surface area (TPSA) is 51.2 Å². The first-order chi connectivity index (χ1) is 8.79. The van der Waals surface area contributed by atoms with Crippen molar-refractivity contribution in [1.82, 2.24) is 4.98 Å². The number of hydrogen-bond donors (Lipinski definition) is 1. The van der Waals surface area contributed by atoms with Crippen LogP contribution in [0.3, 0.4) is 0 Å². The van der Waals surface area contributed by atoms with E-state index in [0.717, 1.165) is 42.3 Å². The van der Waals surface area contributed by atoms with E-state index >= 15 is 0 Å². The summed E-state index contributed by atoms with van der Waals surface area (Å²) >= 11 is 0. The van der Waals surface area contributed by atoms with Gasteiger partial charge in [-0.15, -0.1) is 0 Å². The van der Waals surface area contributed by atoms with Crippen LogP contribution in [0.15, 0.2) is 18.3 Å². The Morgan fingerprint density at radius 1 is 1.50 bits per heavy atom. The molecule has 0 aliphatic carbocycles. The molecule has 1 aliphatic rings. The molecule has 0 radical (unpaired) electrons. The Balaban J connectivity index is 1.97. The highest BCUT2D eigenvalue weighted by molar-refractivity contribution is 7.85. The highest BCUT2D eigenvalue weighted by atomic mass is 32.2. The largest absolute Gasteiger partial charge is 0.490 e. The summed E-state index contributed by atoms with van der Waals surface area (Å²) in [5.41, 5.74) is 0. The lowest BCUT2D eigenvalue weighted by Gasteiger charge is -2.24. The van der Waals surface area contributed by atoms with Crippen molar-refractivity contribution < 1.29 is 8.95 Å². The minimum atomic E-state index is -0.621. The van der Waals surface area contributed by atoms with Gasteiger partial charge in [0.2, 0.25) is 0 Å². The van der Waals surface area contributed by atoms with Crippen LogP contribution in [0.2, 0.25) is 0 Å². The zero-order valence-electron chi connectivity index (χ0n) is 10.7. The van der Waals surface area contributed by atoms with Gasteiger partial charge in [0, 0.05) is 34.5 Å². The van der Waals surface area contributed by atoms with Gasteiger partial charge in [0.15, 0.2) is 11.6 Å². The van der Waals surface area contributed by atoms with E-state index in [0.29, 0.717) is 12.6 Å². The van der Waals surface area contributed by atoms with Gasteiger partial charge in [0.05, 0.1) is 6.61 Å². The molecule has 1 fully saturated rings. The molecule has 0 unspecified atom stereocenters. The van der Waals surface area contributed by atoms with Gasteiger partial charge in [-0.1, -0.05) is 6.92 Å². The second-order valence-electron chi connectivity index (χ2n) is 4.47. The minimum Gasteiger partial charge on any atom is -0.490 e. The standard InChI is InChI=1S/C13H20N2O2S/c1-2-8-17-12-4-3-7-14-13(12)15-11-5-9-18(16)10-6-11/h3-4,7,11H,2,5-6,8-10H2,1H3,(H,14,15). The molecule has 0 amide bonds. The number of nitrogens with one attached hydrogen (secondary N) is 1. The molecule has 0 atom stereocenters. The third kappa shape index (κ3) is 3.70. The molecule has 0 bridgehead atoms. The highest BCUT2D eigenvalue weighted by Crippen LogP contribution is 2.24. The molecule has 0 aromatic carbocycles. The summed E-state index contributed by atoms with van der Waals surface area (Å²) in [6.45, 7) is 2.79. The third-order valence-electron chi connectivity index (χ3n) is 2.96. The van der Waals surface area contributed by atoms with Crippen LogP contribution >= 0.6 is 0 Å². The van der Waals surface area contributed by atoms with Crippen molar-refractivity contribution in [1.29, 1.82) is 0 Å². The van der Waals surface area contributed by atoms with E-state index in [1.165, 1.54) is 0 Å². The molecular weight excluding hydrogens is 248 g/mol. The third-order valence-corrected chi connectivity index (χ3v) is 4.34. The molecule has 2 heterocycles. The molecular formula is C13H20N2O2S. The van der Waals surface area contributed by atoms with Crippen molar-refractivity contribution in [3.63, 3.8) is 0 Å². The average molecular weight is 268 g/mol. The fraction of sp³-hybridized carbons (Fsp3) is 0.615. The number of aromatic nitrogens is 1. The lowest BCUT2D eigenvalue weighted by atomic mass is 10.1. The van der Waals surface area contributed by atoms with Crippen LogP contribution < -0.4 is 10.1 Å². The van der Waals surface area contributed by atoms with Gasteiger partial charge in [0.1, 0.15) is 0 Å². The van der Waals surface area contributed by atoms with Gasteiger partial charge in [-0.05, 0) is 31.4 Å². The first kappa shape index (κ1) is 13.3. The van der Waals surface area contributed by atoms with Gasteiger partial charge in [-0.2, -0.15) is 0 Å². The molecule has 0 saturated carbocycles. The van der Waals surface area contributed by atoms with Crippen molar-refractivity contribution in [3.8, 4) is 5.75 Å². The molecule has 1 aromatic heterocycles. The number of ether oxygens (including phenoxy) is 1. The second-order valence-corrected chi connectivity index (χ2v) is 6.16. The van der Waals surface area contributed by atoms with Crippen LogP contribution in [0.25, 0.3) is 0 Å². The highest BCUT2D eigenvalue weighted by Gasteiger charge is 2.19. The monoisotopic (exact) mass is 268 g/mol. The van der Waals surface area contributed by atoms with E-state index in [-0.39, 0.29) is 0 Å². The van der Waals surface area contributed by atoms with Crippen molar-refractivity contribution in [2.75, 3.05) is 23.4 Å². The Labute approximate surface area is 111 Å². The minimum absolute atomic E-state index is 0.363. The fourth-order valence-corrected chi connectivity index (χ4v) is 3.26. The predicted octanol–water partition coefficient (Wildman–Crippen LogP) is 2.19. The lowest BCUT2D eigenvalue weighted by Crippen LogP contribution is -2.29. The van der Waals surface area contributed by atoms with Crippen LogP contribution in [0, 0.1) is 0 Å². The Morgan fingerprint density at radius 3 is 3.00 bits per heavy atom. The maximum Gasteiger partial charge on any atom is 0.168 e. The summed E-state index contributed by atoms with van der Waals surface area (Å²) < 4.78 is 17.0. The Morgan fingerprint density at radius 2 is 2.28 bits per heavy atom. The first-order valence-electron chi connectivity index (χ1n) is 6.49. The molecule has 1 aromatic rings. The molecule has 0 spiro atoms. The van der Waals surface area contributed by atoms with E-state index in [1.807, 2.05) is 12.1 Å². The molecule has 2 rings (SSSR count). The van der Waals surface area contributed by atoms with Gasteiger partial charge in [-0.25, -0.2) is 4.98 Å². The molecule has 4 nitrogen and oxygen atoms in total. The van der Waals surface area contributed by atoms with Crippen molar-refractivity contribution in [3.05, 3.63) is 18.3 Å². The van der Waals surface area contributed by atoms with Crippen LogP contribution in [0.4, 0.5) is 5.82 Å². The smallest absolute Gasteiger partial charge is 0.168 e. The Bertz CT molecular complexity index is 402. The summed E-state index contributed by atoms with van der Waals surface area (Å²) in [5.74, 6) is 3.19. The normalized spacial score (nSPS) is 23.6. The zero-order valence-corrected chi connectivity index (χ0v) is 11.5. The number of nitrogens with zero attached hydrogens (tertiary/aromatic N) is 1. The fourth-order valence-electron chi connectivity index (χ4n) is 1.96. The van der Waals surface area contributed by atoms with Crippen molar-refractivity contribution in [2.45, 2.75) is 32.2 Å². The maximum atomic E-state index is 11.3. The Hall–Kier alpha value is -1.10. The summed E-state index contributed by atoms with van der Waals surface area (Å²) in [6.07, 6.45) is 4.63. The Kier molecular flexibility index (Phi) is 4.99. The van der Waals surface area contributed by atoms with E-state index in [1.54, 1.807) is 6.20 Å². The van der Waals surface area contributed by atoms with Crippen LogP contribution in [-0.4, -0.2) is 33.3 Å². The lowest BCUT2D eigenvalue weighted by molar-refractivity contribution is 0.317. The van der Waals surface area contributed by atoms with Gasteiger partial charge in [0.25, 0.3) is 0 Å². The molecule has 100 valence electrons. The van der Waals surface area contributed by atoms with E-state index < -0.39 is 10.8 Å². The number of pyridine rings is 1. The van der Waals surface area contributed by atoms with E-state index in [9.17, 15) is 4.21 Å². The molecule has 1 N–H and O–H groups in total. The molecule has 1 aliphatic heterocycles. The van der Waals surface area contributed by atoms with Crippen LogP contribution in [0.1, 0.15) is 26.2 Å². The van der Waals surface area contributed by atoms with Gasteiger partial charge >= 0.3 is 0 Å². The SMILES string of the molecule is CCCOc1cccnc1NC1CCS(=O)CC1. The summed E-state index contributed by atoms with van der Waals surface area (Å²) in [6, 6.07) is 4.18. The second kappa shape index (κ2) is 6.73. The quantitative estimate of drug-likeness (QED) is 0.889. The van der Waals surface area contributed by atoms with Gasteiger partial charge in [-0.3, -0.25) is 4.21 Å². The van der Waals surface area contributed by atoms with E-state index in [4.69, 9.17) is 4.74 Å². The maximum absolute atomic E-state index is 11.3.